The van der Waals surface area contributed by atoms with Crippen LogP contribution in [0.4, 0.5) is 11.6 Å². The van der Waals surface area contributed by atoms with E-state index in [-0.39, 0.29) is 5.75 Å². The van der Waals surface area contributed by atoms with Gasteiger partial charge in [-0.05, 0) is 35.7 Å². The van der Waals surface area contributed by atoms with Crippen LogP contribution in [0.5, 0.6) is 5.75 Å². The van der Waals surface area contributed by atoms with E-state index in [9.17, 15) is 5.11 Å². The summed E-state index contributed by atoms with van der Waals surface area (Å²) in [6.07, 6.45) is 0. The molecule has 23 heavy (non-hydrogen) atoms. The normalized spacial score (nSPS) is 11.2. The minimum atomic E-state index is 0.218. The highest BCUT2D eigenvalue weighted by molar-refractivity contribution is 6.42. The molecule has 0 atom stereocenters. The van der Waals surface area contributed by atoms with Crippen molar-refractivity contribution in [2.45, 2.75) is 0 Å². The molecule has 0 amide bonds. The van der Waals surface area contributed by atoms with Crippen LogP contribution in [0.2, 0.25) is 10.0 Å². The number of fused-ring (bicyclic) bond motifs is 2. The molecular weight excluding hydrogens is 333 g/mol. The average molecular weight is 344 g/mol. The number of hydrogen-bond donors (Lipinski definition) is 3. The van der Waals surface area contributed by atoms with Crippen molar-refractivity contribution in [3.05, 3.63) is 58.6 Å². The second-order valence-corrected chi connectivity index (χ2v) is 6.02. The molecule has 3 N–H and O–H groups in total. The van der Waals surface area contributed by atoms with Gasteiger partial charge in [-0.25, -0.2) is 4.98 Å². The van der Waals surface area contributed by atoms with Gasteiger partial charge in [-0.2, -0.15) is 0 Å². The SMILES string of the molecule is Oc1ccc2cccc(Nc3nc4cc(Cl)c(Cl)cc4[nH]3)c2c1. The van der Waals surface area contributed by atoms with Gasteiger partial charge in [-0.3, -0.25) is 0 Å². The van der Waals surface area contributed by atoms with Crippen LogP contribution in [-0.4, -0.2) is 15.1 Å². The van der Waals surface area contributed by atoms with E-state index in [1.165, 1.54) is 0 Å². The number of imidazole rings is 1. The maximum Gasteiger partial charge on any atom is 0.205 e. The summed E-state index contributed by atoms with van der Waals surface area (Å²) in [5.74, 6) is 0.795. The lowest BCUT2D eigenvalue weighted by molar-refractivity contribution is 0.476. The summed E-state index contributed by atoms with van der Waals surface area (Å²) in [6, 6.07) is 14.6. The number of nitrogens with zero attached hydrogens (tertiary/aromatic N) is 1. The fourth-order valence-corrected chi connectivity index (χ4v) is 2.88. The molecule has 0 radical (unpaired) electrons. The first-order valence-corrected chi connectivity index (χ1v) is 7.69. The van der Waals surface area contributed by atoms with Gasteiger partial charge in [0.1, 0.15) is 5.75 Å². The van der Waals surface area contributed by atoms with Gasteiger partial charge in [-0.15, -0.1) is 0 Å². The Hall–Kier alpha value is -2.43. The lowest BCUT2D eigenvalue weighted by Gasteiger charge is -2.07. The molecule has 0 aliphatic carbocycles. The molecule has 0 aliphatic heterocycles. The predicted molar refractivity (Wildman–Crippen MR) is 95.0 cm³/mol. The number of hydrogen-bond acceptors (Lipinski definition) is 3. The Labute approximate surface area is 141 Å². The van der Waals surface area contributed by atoms with E-state index in [1.54, 1.807) is 24.3 Å². The molecule has 1 heterocycles. The van der Waals surface area contributed by atoms with Gasteiger partial charge in [0.2, 0.25) is 5.95 Å². The third-order valence-corrected chi connectivity index (χ3v) is 4.36. The third-order valence-electron chi connectivity index (χ3n) is 3.64. The molecule has 0 bridgehead atoms. The fraction of sp³-hybridized carbons (Fsp3) is 0. The van der Waals surface area contributed by atoms with Gasteiger partial charge in [0.15, 0.2) is 0 Å². The second-order valence-electron chi connectivity index (χ2n) is 5.20. The minimum absolute atomic E-state index is 0.218. The van der Waals surface area contributed by atoms with Crippen LogP contribution < -0.4 is 5.32 Å². The summed E-state index contributed by atoms with van der Waals surface area (Å²) in [5.41, 5.74) is 2.37. The maximum atomic E-state index is 9.72. The van der Waals surface area contributed by atoms with Crippen molar-refractivity contribution in [1.29, 1.82) is 0 Å². The van der Waals surface area contributed by atoms with Crippen molar-refractivity contribution in [1.82, 2.24) is 9.97 Å². The van der Waals surface area contributed by atoms with Crippen molar-refractivity contribution in [2.75, 3.05) is 5.32 Å². The number of anilines is 2. The van der Waals surface area contributed by atoms with Crippen LogP contribution in [0.3, 0.4) is 0 Å². The minimum Gasteiger partial charge on any atom is -0.508 e. The first-order valence-electron chi connectivity index (χ1n) is 6.94. The number of nitrogens with one attached hydrogen (secondary N) is 2. The molecule has 0 saturated heterocycles. The Morgan fingerprint density at radius 1 is 1.00 bits per heavy atom. The second kappa shape index (κ2) is 5.33. The molecule has 4 rings (SSSR count). The summed E-state index contributed by atoms with van der Waals surface area (Å²) in [5, 5.41) is 15.8. The highest BCUT2D eigenvalue weighted by Gasteiger charge is 2.08. The topological polar surface area (TPSA) is 60.9 Å². The first-order chi connectivity index (χ1) is 11.1. The van der Waals surface area contributed by atoms with Crippen molar-refractivity contribution in [2.24, 2.45) is 0 Å². The number of phenols is 1. The number of aromatic hydroxyl groups is 1. The summed E-state index contributed by atoms with van der Waals surface area (Å²) < 4.78 is 0. The number of rotatable bonds is 2. The number of aromatic amines is 1. The zero-order valence-electron chi connectivity index (χ0n) is 11.8. The van der Waals surface area contributed by atoms with Crippen LogP contribution in [-0.2, 0) is 0 Å². The molecule has 0 aliphatic rings. The first kappa shape index (κ1) is 14.2. The van der Waals surface area contributed by atoms with Crippen LogP contribution in [0.1, 0.15) is 0 Å². The van der Waals surface area contributed by atoms with Gasteiger partial charge < -0.3 is 15.4 Å². The highest BCUT2D eigenvalue weighted by atomic mass is 35.5. The van der Waals surface area contributed by atoms with E-state index in [1.807, 2.05) is 24.3 Å². The van der Waals surface area contributed by atoms with Gasteiger partial charge in [0.05, 0.1) is 21.1 Å². The summed E-state index contributed by atoms with van der Waals surface area (Å²) >= 11 is 12.0. The zero-order valence-corrected chi connectivity index (χ0v) is 13.3. The van der Waals surface area contributed by atoms with Gasteiger partial charge in [-0.1, -0.05) is 41.4 Å². The molecule has 0 saturated carbocycles. The number of halogens is 2. The number of H-pyrrole nitrogens is 1. The van der Waals surface area contributed by atoms with E-state index in [2.05, 4.69) is 15.3 Å². The van der Waals surface area contributed by atoms with Crippen molar-refractivity contribution in [3.63, 3.8) is 0 Å². The van der Waals surface area contributed by atoms with Crippen LogP contribution >= 0.6 is 23.2 Å². The van der Waals surface area contributed by atoms with E-state index in [0.29, 0.717) is 16.0 Å². The Morgan fingerprint density at radius 3 is 2.70 bits per heavy atom. The fourth-order valence-electron chi connectivity index (χ4n) is 2.56. The predicted octanol–water partition coefficient (Wildman–Crippen LogP) is 5.47. The largest absolute Gasteiger partial charge is 0.508 e. The molecular formula is C17H11Cl2N3O. The summed E-state index contributed by atoms with van der Waals surface area (Å²) in [7, 11) is 0. The number of aromatic nitrogens is 2. The zero-order chi connectivity index (χ0) is 16.0. The van der Waals surface area contributed by atoms with E-state index < -0.39 is 0 Å². The number of benzene rings is 3. The molecule has 4 nitrogen and oxygen atoms in total. The van der Waals surface area contributed by atoms with Crippen LogP contribution in [0.25, 0.3) is 21.8 Å². The van der Waals surface area contributed by atoms with Crippen LogP contribution in [0, 0.1) is 0 Å². The van der Waals surface area contributed by atoms with E-state index in [0.717, 1.165) is 27.5 Å². The monoisotopic (exact) mass is 343 g/mol. The molecule has 4 aromatic rings. The summed E-state index contributed by atoms with van der Waals surface area (Å²) in [4.78, 5) is 7.63. The highest BCUT2D eigenvalue weighted by Crippen LogP contribution is 2.31. The Balaban J connectivity index is 1.80. The lowest BCUT2D eigenvalue weighted by atomic mass is 10.1. The van der Waals surface area contributed by atoms with Gasteiger partial charge in [0, 0.05) is 11.1 Å². The summed E-state index contributed by atoms with van der Waals surface area (Å²) in [6.45, 7) is 0. The smallest absolute Gasteiger partial charge is 0.205 e. The Morgan fingerprint density at radius 2 is 1.83 bits per heavy atom. The van der Waals surface area contributed by atoms with Gasteiger partial charge in [0.25, 0.3) is 0 Å². The van der Waals surface area contributed by atoms with Crippen molar-refractivity contribution < 1.29 is 5.11 Å². The average Bonchev–Trinajstić information content (AvgIpc) is 2.89. The van der Waals surface area contributed by atoms with Gasteiger partial charge >= 0.3 is 0 Å². The molecule has 114 valence electrons. The molecule has 0 fully saturated rings. The van der Waals surface area contributed by atoms with E-state index in [4.69, 9.17) is 23.2 Å². The maximum absolute atomic E-state index is 9.72. The van der Waals surface area contributed by atoms with Crippen LogP contribution in [0.15, 0.2) is 48.5 Å². The van der Waals surface area contributed by atoms with E-state index >= 15 is 0 Å². The lowest BCUT2D eigenvalue weighted by Crippen LogP contribution is -1.93. The van der Waals surface area contributed by atoms with Crippen molar-refractivity contribution >= 4 is 56.6 Å². The third kappa shape index (κ3) is 2.56. The molecule has 3 aromatic carbocycles. The Bertz CT molecular complexity index is 1000. The quantitative estimate of drug-likeness (QED) is 0.452. The Kier molecular flexibility index (Phi) is 3.29. The number of phenolic OH excluding ortho intramolecular Hbond substituents is 1. The van der Waals surface area contributed by atoms with Crippen molar-refractivity contribution in [3.8, 4) is 5.75 Å². The molecule has 0 unspecified atom stereocenters. The molecule has 1 aromatic heterocycles. The molecule has 6 heteroatoms. The molecule has 0 spiro atoms. The standard InChI is InChI=1S/C17H11Cl2N3O/c18-12-7-15-16(8-13(12)19)22-17(21-15)20-14-3-1-2-9-4-5-10(23)6-11(9)14/h1-8,23H,(H2,20,21,22).